The minimum absolute atomic E-state index is 0.0907. The van der Waals surface area contributed by atoms with E-state index in [9.17, 15) is 14.7 Å². The van der Waals surface area contributed by atoms with Crippen LogP contribution in [0.1, 0.15) is 18.4 Å². The van der Waals surface area contributed by atoms with E-state index in [4.69, 9.17) is 12.2 Å². The van der Waals surface area contributed by atoms with E-state index < -0.39 is 0 Å². The summed E-state index contributed by atoms with van der Waals surface area (Å²) in [6, 6.07) is 19.1. The van der Waals surface area contributed by atoms with E-state index in [-0.39, 0.29) is 31.4 Å². The average Bonchev–Trinajstić information content (AvgIpc) is 3.06. The van der Waals surface area contributed by atoms with Gasteiger partial charge in [0.25, 0.3) is 5.91 Å². The molecule has 0 unspecified atom stereocenters. The lowest BCUT2D eigenvalue weighted by molar-refractivity contribution is -0.123. The Kier molecular flexibility index (Phi) is 8.58. The Balaban J connectivity index is 1.54. The smallest absolute Gasteiger partial charge is 0.266 e. The molecule has 1 heterocycles. The number of nitrogens with zero attached hydrogens (tertiary/aromatic N) is 2. The molecule has 2 aromatic rings. The number of amides is 2. The van der Waals surface area contributed by atoms with Crippen LogP contribution in [0.2, 0.25) is 0 Å². The van der Waals surface area contributed by atoms with Crippen molar-refractivity contribution in [2.75, 3.05) is 24.6 Å². The maximum atomic E-state index is 12.7. The molecule has 0 radical (unpaired) electrons. The number of anilines is 1. The molecule has 160 valence electrons. The monoisotopic (exact) mass is 452 g/mol. The highest BCUT2D eigenvalue weighted by Crippen LogP contribution is 2.31. The highest BCUT2D eigenvalue weighted by atomic mass is 32.2. The van der Waals surface area contributed by atoms with E-state index in [0.717, 1.165) is 11.3 Å². The second-order valence-corrected chi connectivity index (χ2v) is 8.51. The fraction of sp³-hybridized carbons (Fsp3) is 0.208. The molecular weight excluding hydrogens is 428 g/mol. The lowest BCUT2D eigenvalue weighted by atomic mass is 10.2. The summed E-state index contributed by atoms with van der Waals surface area (Å²) >= 11 is 6.64. The number of para-hydroxylation sites is 1. The number of thiocarbonyl (C=S) groups is 1. The van der Waals surface area contributed by atoms with Gasteiger partial charge < -0.3 is 10.0 Å². The Morgan fingerprint density at radius 3 is 2.45 bits per heavy atom. The summed E-state index contributed by atoms with van der Waals surface area (Å²) in [7, 11) is 0. The van der Waals surface area contributed by atoms with Gasteiger partial charge in [-0.25, -0.2) is 0 Å². The predicted octanol–water partition coefficient (Wildman–Crippen LogP) is 4.25. The van der Waals surface area contributed by atoms with Crippen molar-refractivity contribution >= 4 is 51.9 Å². The largest absolute Gasteiger partial charge is 0.395 e. The van der Waals surface area contributed by atoms with Crippen LogP contribution in [0.25, 0.3) is 6.08 Å². The number of hydrogen-bond donors (Lipinski definition) is 1. The first-order chi connectivity index (χ1) is 15.1. The van der Waals surface area contributed by atoms with Crippen LogP contribution in [-0.4, -0.2) is 45.8 Å². The van der Waals surface area contributed by atoms with Crippen LogP contribution in [-0.2, 0) is 9.59 Å². The fourth-order valence-corrected chi connectivity index (χ4v) is 4.41. The molecule has 0 spiro atoms. The zero-order valence-electron chi connectivity index (χ0n) is 17.0. The molecule has 3 rings (SSSR count). The Bertz CT molecular complexity index is 975. The van der Waals surface area contributed by atoms with Gasteiger partial charge in [0.05, 0.1) is 11.5 Å². The van der Waals surface area contributed by atoms with Crippen LogP contribution < -0.4 is 4.90 Å². The summed E-state index contributed by atoms with van der Waals surface area (Å²) in [5.74, 6) is -0.220. The van der Waals surface area contributed by atoms with Crippen molar-refractivity contribution in [2.45, 2.75) is 12.8 Å². The summed E-state index contributed by atoms with van der Waals surface area (Å²) < 4.78 is 0.507. The highest BCUT2D eigenvalue weighted by molar-refractivity contribution is 8.26. The number of thioether (sulfide) groups is 1. The Labute approximate surface area is 192 Å². The second-order valence-electron chi connectivity index (χ2n) is 6.83. The molecule has 1 aliphatic rings. The minimum atomic E-state index is -0.129. The second kappa shape index (κ2) is 11.6. The van der Waals surface area contributed by atoms with Crippen LogP contribution in [0.5, 0.6) is 0 Å². The van der Waals surface area contributed by atoms with Crippen LogP contribution in [0.3, 0.4) is 0 Å². The Morgan fingerprint density at radius 2 is 1.77 bits per heavy atom. The summed E-state index contributed by atoms with van der Waals surface area (Å²) in [5, 5.41) is 9.31. The van der Waals surface area contributed by atoms with Crippen LogP contribution in [0, 0.1) is 0 Å². The van der Waals surface area contributed by atoms with Crippen LogP contribution in [0.15, 0.2) is 77.7 Å². The predicted molar refractivity (Wildman–Crippen MR) is 131 cm³/mol. The molecule has 5 nitrogen and oxygen atoms in total. The molecule has 0 saturated carbocycles. The number of allylic oxidation sites excluding steroid dienone is 2. The molecule has 0 bridgehead atoms. The number of aliphatic hydroxyl groups excluding tert-OH is 1. The van der Waals surface area contributed by atoms with E-state index in [2.05, 4.69) is 0 Å². The summed E-state index contributed by atoms with van der Waals surface area (Å²) in [4.78, 5) is 29.0. The molecule has 1 aliphatic heterocycles. The average molecular weight is 453 g/mol. The van der Waals surface area contributed by atoms with Gasteiger partial charge in [0.15, 0.2) is 0 Å². The first-order valence-corrected chi connectivity index (χ1v) is 11.3. The van der Waals surface area contributed by atoms with E-state index in [1.807, 2.05) is 72.8 Å². The lowest BCUT2D eigenvalue weighted by Gasteiger charge is -2.22. The van der Waals surface area contributed by atoms with Gasteiger partial charge in [-0.15, -0.1) is 0 Å². The molecular formula is C24H24N2O3S2. The van der Waals surface area contributed by atoms with Gasteiger partial charge in [-0.3, -0.25) is 14.5 Å². The third-order valence-corrected chi connectivity index (χ3v) is 6.07. The van der Waals surface area contributed by atoms with Crippen molar-refractivity contribution in [2.24, 2.45) is 0 Å². The number of rotatable bonds is 9. The van der Waals surface area contributed by atoms with Gasteiger partial charge in [0.2, 0.25) is 5.91 Å². The number of aliphatic hydroxyl groups is 1. The minimum Gasteiger partial charge on any atom is -0.395 e. The number of carbonyl (C=O) groups excluding carboxylic acids is 2. The SMILES string of the molecule is O=C1/C(=C/C=C/c2ccccc2)SC(=S)N1CCCC(=O)N(CCO)c1ccccc1. The molecule has 1 N–H and O–H groups in total. The van der Waals surface area contributed by atoms with Crippen molar-refractivity contribution in [3.05, 3.63) is 83.3 Å². The van der Waals surface area contributed by atoms with Crippen molar-refractivity contribution < 1.29 is 14.7 Å². The summed E-state index contributed by atoms with van der Waals surface area (Å²) in [6.07, 6.45) is 6.31. The van der Waals surface area contributed by atoms with E-state index in [1.54, 1.807) is 15.9 Å². The van der Waals surface area contributed by atoms with E-state index >= 15 is 0 Å². The van der Waals surface area contributed by atoms with Crippen LogP contribution >= 0.6 is 24.0 Å². The number of carbonyl (C=O) groups is 2. The standard InChI is InChI=1S/C24H24N2O3S2/c27-18-17-25(20-12-5-2-6-13-20)22(28)15-8-16-26-23(29)21(31-24(26)30)14-7-11-19-9-3-1-4-10-19/h1-7,9-14,27H,8,15-18H2/b11-7+,21-14-. The number of hydrogen-bond acceptors (Lipinski definition) is 5. The highest BCUT2D eigenvalue weighted by Gasteiger charge is 2.31. The zero-order valence-corrected chi connectivity index (χ0v) is 18.6. The first kappa shape index (κ1) is 22.9. The van der Waals surface area contributed by atoms with Crippen molar-refractivity contribution in [1.29, 1.82) is 0 Å². The van der Waals surface area contributed by atoms with E-state index in [1.165, 1.54) is 11.8 Å². The van der Waals surface area contributed by atoms with E-state index in [0.29, 0.717) is 22.2 Å². The van der Waals surface area contributed by atoms with Gasteiger partial charge in [-0.1, -0.05) is 84.7 Å². The van der Waals surface area contributed by atoms with Crippen molar-refractivity contribution in [1.82, 2.24) is 4.90 Å². The Morgan fingerprint density at radius 1 is 1.10 bits per heavy atom. The lowest BCUT2D eigenvalue weighted by Crippen LogP contribution is -2.35. The molecule has 1 saturated heterocycles. The number of benzene rings is 2. The first-order valence-electron chi connectivity index (χ1n) is 10.0. The fourth-order valence-electron chi connectivity index (χ4n) is 3.15. The molecule has 2 amide bonds. The molecule has 31 heavy (non-hydrogen) atoms. The third kappa shape index (κ3) is 6.37. The van der Waals surface area contributed by atoms with Crippen molar-refractivity contribution in [3.8, 4) is 0 Å². The topological polar surface area (TPSA) is 60.9 Å². The summed E-state index contributed by atoms with van der Waals surface area (Å²) in [6.45, 7) is 0.509. The Hall–Kier alpha value is -2.74. The molecule has 0 atom stereocenters. The van der Waals surface area contributed by atoms with Gasteiger partial charge in [-0.05, 0) is 30.2 Å². The molecule has 0 aliphatic carbocycles. The van der Waals surface area contributed by atoms with Gasteiger partial charge in [0, 0.05) is 25.2 Å². The van der Waals surface area contributed by atoms with Gasteiger partial charge in [-0.2, -0.15) is 0 Å². The third-order valence-electron chi connectivity index (χ3n) is 4.67. The van der Waals surface area contributed by atoms with Crippen molar-refractivity contribution in [3.63, 3.8) is 0 Å². The maximum Gasteiger partial charge on any atom is 0.266 e. The maximum absolute atomic E-state index is 12.7. The molecule has 0 aromatic heterocycles. The summed E-state index contributed by atoms with van der Waals surface area (Å²) in [5.41, 5.74) is 1.80. The van der Waals surface area contributed by atoms with Gasteiger partial charge >= 0.3 is 0 Å². The quantitative estimate of drug-likeness (QED) is 0.455. The normalized spacial score (nSPS) is 15.3. The molecule has 7 heteroatoms. The van der Waals surface area contributed by atoms with Gasteiger partial charge in [0.1, 0.15) is 4.32 Å². The zero-order chi connectivity index (χ0) is 22.1. The molecule has 1 fully saturated rings. The van der Waals surface area contributed by atoms with Crippen LogP contribution in [0.4, 0.5) is 5.69 Å². The molecule has 2 aromatic carbocycles.